The second-order valence-electron chi connectivity index (χ2n) is 5.38. The SMILES string of the molecule is CNCC1CCN(C(C)c2ccc(Cl)cc2Cl)CC1.Cl. The van der Waals surface area contributed by atoms with Crippen molar-refractivity contribution in [3.63, 3.8) is 0 Å². The van der Waals surface area contributed by atoms with Crippen molar-refractivity contribution >= 4 is 35.6 Å². The van der Waals surface area contributed by atoms with E-state index in [9.17, 15) is 0 Å². The Bertz CT molecular complexity index is 418. The lowest BCUT2D eigenvalue weighted by molar-refractivity contribution is 0.141. The molecule has 1 unspecified atom stereocenters. The van der Waals surface area contributed by atoms with Crippen molar-refractivity contribution < 1.29 is 0 Å². The minimum Gasteiger partial charge on any atom is -0.319 e. The maximum absolute atomic E-state index is 6.30. The topological polar surface area (TPSA) is 15.3 Å². The Morgan fingerprint density at radius 1 is 1.30 bits per heavy atom. The molecule has 114 valence electrons. The summed E-state index contributed by atoms with van der Waals surface area (Å²) in [6, 6.07) is 6.17. The Morgan fingerprint density at radius 3 is 2.50 bits per heavy atom. The van der Waals surface area contributed by atoms with Crippen LogP contribution in [-0.4, -0.2) is 31.6 Å². The molecule has 0 spiro atoms. The number of nitrogens with one attached hydrogen (secondary N) is 1. The van der Waals surface area contributed by atoms with Gasteiger partial charge in [0.05, 0.1) is 0 Å². The summed E-state index contributed by atoms with van der Waals surface area (Å²) in [6.45, 7) is 5.65. The van der Waals surface area contributed by atoms with Crippen molar-refractivity contribution in [1.82, 2.24) is 10.2 Å². The van der Waals surface area contributed by atoms with Crippen LogP contribution >= 0.6 is 35.6 Å². The summed E-state index contributed by atoms with van der Waals surface area (Å²) >= 11 is 12.3. The highest BCUT2D eigenvalue weighted by molar-refractivity contribution is 6.35. The molecule has 1 saturated heterocycles. The maximum Gasteiger partial charge on any atom is 0.0468 e. The lowest BCUT2D eigenvalue weighted by atomic mass is 9.94. The molecule has 0 bridgehead atoms. The minimum absolute atomic E-state index is 0. The number of likely N-dealkylation sites (tertiary alicyclic amines) is 1. The zero-order valence-electron chi connectivity index (χ0n) is 12.0. The smallest absolute Gasteiger partial charge is 0.0468 e. The van der Waals surface area contributed by atoms with Gasteiger partial charge >= 0.3 is 0 Å². The van der Waals surface area contributed by atoms with Crippen molar-refractivity contribution in [3.8, 4) is 0 Å². The Morgan fingerprint density at radius 2 is 1.95 bits per heavy atom. The molecular formula is C15H23Cl3N2. The van der Waals surface area contributed by atoms with E-state index in [1.54, 1.807) is 0 Å². The third-order valence-corrected chi connectivity index (χ3v) is 4.66. The van der Waals surface area contributed by atoms with Crippen molar-refractivity contribution in [2.75, 3.05) is 26.7 Å². The third kappa shape index (κ3) is 4.51. The molecule has 1 aromatic rings. The lowest BCUT2D eigenvalue weighted by Gasteiger charge is -2.36. The van der Waals surface area contributed by atoms with E-state index in [0.717, 1.165) is 30.6 Å². The van der Waals surface area contributed by atoms with Gasteiger partial charge in [-0.15, -0.1) is 12.4 Å². The molecule has 1 N–H and O–H groups in total. The zero-order valence-corrected chi connectivity index (χ0v) is 14.4. The third-order valence-electron chi connectivity index (χ3n) is 4.10. The fraction of sp³-hybridized carbons (Fsp3) is 0.600. The van der Waals surface area contributed by atoms with E-state index in [4.69, 9.17) is 23.2 Å². The molecule has 0 radical (unpaired) electrons. The van der Waals surface area contributed by atoms with Gasteiger partial charge in [-0.05, 0) is 70.1 Å². The Kier molecular flexibility index (Phi) is 7.63. The number of rotatable bonds is 4. The Balaban J connectivity index is 0.00000200. The van der Waals surface area contributed by atoms with Gasteiger partial charge in [-0.2, -0.15) is 0 Å². The molecule has 1 aromatic carbocycles. The Hall–Kier alpha value is 0.01000. The van der Waals surface area contributed by atoms with Gasteiger partial charge in [-0.3, -0.25) is 4.90 Å². The Labute approximate surface area is 138 Å². The van der Waals surface area contributed by atoms with E-state index < -0.39 is 0 Å². The number of hydrogen-bond donors (Lipinski definition) is 1. The van der Waals surface area contributed by atoms with Gasteiger partial charge in [0.1, 0.15) is 0 Å². The molecule has 1 aliphatic rings. The molecule has 20 heavy (non-hydrogen) atoms. The first-order valence-electron chi connectivity index (χ1n) is 6.95. The monoisotopic (exact) mass is 336 g/mol. The number of hydrogen-bond acceptors (Lipinski definition) is 2. The summed E-state index contributed by atoms with van der Waals surface area (Å²) in [5, 5.41) is 4.75. The number of nitrogens with zero attached hydrogens (tertiary/aromatic N) is 1. The standard InChI is InChI=1S/C15H22Cl2N2.ClH/c1-11(14-4-3-13(16)9-15(14)17)19-7-5-12(6-8-19)10-18-2;/h3-4,9,11-12,18H,5-8,10H2,1-2H3;1H. The first-order chi connectivity index (χ1) is 9.11. The van der Waals surface area contributed by atoms with Crippen molar-refractivity contribution in [3.05, 3.63) is 33.8 Å². The summed E-state index contributed by atoms with van der Waals surface area (Å²) in [5.74, 6) is 0.814. The average molecular weight is 338 g/mol. The van der Waals surface area contributed by atoms with Gasteiger partial charge in [0, 0.05) is 16.1 Å². The van der Waals surface area contributed by atoms with Crippen LogP contribution in [0.4, 0.5) is 0 Å². The quantitative estimate of drug-likeness (QED) is 0.875. The second-order valence-corrected chi connectivity index (χ2v) is 6.22. The summed E-state index contributed by atoms with van der Waals surface area (Å²) in [6.07, 6.45) is 2.52. The predicted molar refractivity (Wildman–Crippen MR) is 90.3 cm³/mol. The largest absolute Gasteiger partial charge is 0.319 e. The van der Waals surface area contributed by atoms with Crippen LogP contribution in [0.2, 0.25) is 10.0 Å². The van der Waals surface area contributed by atoms with Crippen LogP contribution in [0.15, 0.2) is 18.2 Å². The zero-order chi connectivity index (χ0) is 13.8. The van der Waals surface area contributed by atoms with Gasteiger partial charge in [0.2, 0.25) is 0 Å². The number of benzene rings is 1. The number of halogens is 3. The normalized spacial score (nSPS) is 18.6. The van der Waals surface area contributed by atoms with Gasteiger partial charge in [-0.25, -0.2) is 0 Å². The molecular weight excluding hydrogens is 315 g/mol. The maximum atomic E-state index is 6.30. The van der Waals surface area contributed by atoms with Gasteiger partial charge in [0.15, 0.2) is 0 Å². The van der Waals surface area contributed by atoms with Crippen LogP contribution in [-0.2, 0) is 0 Å². The van der Waals surface area contributed by atoms with E-state index in [2.05, 4.69) is 23.2 Å². The second kappa shape index (κ2) is 8.45. The lowest BCUT2D eigenvalue weighted by Crippen LogP contribution is -2.38. The van der Waals surface area contributed by atoms with E-state index in [0.29, 0.717) is 11.1 Å². The highest BCUT2D eigenvalue weighted by Gasteiger charge is 2.24. The fourth-order valence-electron chi connectivity index (χ4n) is 2.87. The van der Waals surface area contributed by atoms with E-state index in [1.807, 2.05) is 19.2 Å². The van der Waals surface area contributed by atoms with Crippen LogP contribution in [0.5, 0.6) is 0 Å². The first-order valence-corrected chi connectivity index (χ1v) is 7.71. The molecule has 1 aliphatic heterocycles. The van der Waals surface area contributed by atoms with Crippen LogP contribution in [0.1, 0.15) is 31.4 Å². The van der Waals surface area contributed by atoms with Crippen LogP contribution < -0.4 is 5.32 Å². The van der Waals surface area contributed by atoms with Crippen LogP contribution in [0, 0.1) is 5.92 Å². The highest BCUT2D eigenvalue weighted by Crippen LogP contribution is 2.32. The molecule has 1 heterocycles. The molecule has 0 amide bonds. The van der Waals surface area contributed by atoms with Crippen molar-refractivity contribution in [1.29, 1.82) is 0 Å². The van der Waals surface area contributed by atoms with Gasteiger partial charge in [0.25, 0.3) is 0 Å². The molecule has 2 rings (SSSR count). The average Bonchev–Trinajstić information content (AvgIpc) is 2.39. The molecule has 0 aliphatic carbocycles. The van der Waals surface area contributed by atoms with Gasteiger partial charge < -0.3 is 5.32 Å². The van der Waals surface area contributed by atoms with Gasteiger partial charge in [-0.1, -0.05) is 29.3 Å². The van der Waals surface area contributed by atoms with E-state index in [1.165, 1.54) is 18.4 Å². The first kappa shape index (κ1) is 18.1. The molecule has 0 aromatic heterocycles. The van der Waals surface area contributed by atoms with E-state index in [-0.39, 0.29) is 12.4 Å². The predicted octanol–water partition coefficient (Wildman–Crippen LogP) is 4.41. The fourth-order valence-corrected chi connectivity index (χ4v) is 3.44. The van der Waals surface area contributed by atoms with E-state index >= 15 is 0 Å². The van der Waals surface area contributed by atoms with Crippen LogP contribution in [0.25, 0.3) is 0 Å². The van der Waals surface area contributed by atoms with Crippen molar-refractivity contribution in [2.45, 2.75) is 25.8 Å². The summed E-state index contributed by atoms with van der Waals surface area (Å²) in [5.41, 5.74) is 1.18. The molecule has 0 saturated carbocycles. The van der Waals surface area contributed by atoms with Crippen LogP contribution in [0.3, 0.4) is 0 Å². The highest BCUT2D eigenvalue weighted by atomic mass is 35.5. The summed E-state index contributed by atoms with van der Waals surface area (Å²) < 4.78 is 0. The van der Waals surface area contributed by atoms with Crippen molar-refractivity contribution in [2.24, 2.45) is 5.92 Å². The summed E-state index contributed by atoms with van der Waals surface area (Å²) in [7, 11) is 2.03. The summed E-state index contributed by atoms with van der Waals surface area (Å²) in [4.78, 5) is 2.52. The molecule has 5 heteroatoms. The number of piperidine rings is 1. The minimum atomic E-state index is 0. The molecule has 1 fully saturated rings. The molecule has 1 atom stereocenters. The molecule has 2 nitrogen and oxygen atoms in total.